The molecule has 0 aliphatic carbocycles. The summed E-state index contributed by atoms with van der Waals surface area (Å²) in [6.45, 7) is 3.19. The lowest BCUT2D eigenvalue weighted by atomic mass is 9.75. The third-order valence-electron chi connectivity index (χ3n) is 7.07. The van der Waals surface area contributed by atoms with Crippen LogP contribution in [0.2, 0.25) is 0 Å². The van der Waals surface area contributed by atoms with Crippen LogP contribution in [-0.2, 0) is 0 Å². The summed E-state index contributed by atoms with van der Waals surface area (Å²) in [5, 5.41) is 0. The van der Waals surface area contributed by atoms with Crippen LogP contribution in [0.5, 0.6) is 17.4 Å². The van der Waals surface area contributed by atoms with E-state index in [0.29, 0.717) is 30.2 Å². The van der Waals surface area contributed by atoms with E-state index < -0.39 is 0 Å². The van der Waals surface area contributed by atoms with Gasteiger partial charge in [-0.1, -0.05) is 6.07 Å². The number of likely N-dealkylation sites (tertiary alicyclic amines) is 1. The van der Waals surface area contributed by atoms with E-state index in [-0.39, 0.29) is 24.7 Å². The Morgan fingerprint density at radius 1 is 1.07 bits per heavy atom. The number of nitrogens with zero attached hydrogens (tertiary/aromatic N) is 2. The van der Waals surface area contributed by atoms with Crippen molar-refractivity contribution < 1.29 is 23.4 Å². The number of methoxy groups -OCH3 is 1. The Bertz CT molecular complexity index is 948. The molecule has 2 aromatic rings. The Morgan fingerprint density at radius 3 is 2.69 bits per heavy atom. The Balaban J connectivity index is 1.37. The summed E-state index contributed by atoms with van der Waals surface area (Å²) in [6, 6.07) is 10.2. The van der Waals surface area contributed by atoms with E-state index >= 15 is 0 Å². The summed E-state index contributed by atoms with van der Waals surface area (Å²) in [5.41, 5.74) is 1.21. The van der Waals surface area contributed by atoms with E-state index in [0.717, 1.165) is 37.4 Å². The van der Waals surface area contributed by atoms with Gasteiger partial charge in [0.05, 0.1) is 13.2 Å². The third-order valence-corrected chi connectivity index (χ3v) is 7.07. The van der Waals surface area contributed by atoms with Crippen molar-refractivity contribution in [1.29, 1.82) is 0 Å². The van der Waals surface area contributed by atoms with Crippen LogP contribution in [0.25, 0.3) is 0 Å². The zero-order chi connectivity index (χ0) is 19.5. The van der Waals surface area contributed by atoms with Crippen LogP contribution < -0.4 is 14.2 Å². The van der Waals surface area contributed by atoms with Gasteiger partial charge in [-0.05, 0) is 55.6 Å². The number of piperidine rings is 3. The van der Waals surface area contributed by atoms with E-state index in [1.807, 2.05) is 11.0 Å². The number of hydrogen-bond acceptors (Lipinski definition) is 6. The molecule has 1 amide bonds. The quantitative estimate of drug-likeness (QED) is 0.795. The number of hydrogen-bond donors (Lipinski definition) is 0. The molecule has 7 rings (SSSR count). The fourth-order valence-corrected chi connectivity index (χ4v) is 5.78. The minimum atomic E-state index is -0.0414. The number of carbonyl (C=O) groups excluding carboxylic acids is 1. The van der Waals surface area contributed by atoms with Crippen molar-refractivity contribution in [3.63, 3.8) is 0 Å². The third kappa shape index (κ3) is 2.56. The van der Waals surface area contributed by atoms with Crippen LogP contribution in [0.15, 0.2) is 34.7 Å². The fraction of sp³-hybridized carbons (Fsp3) is 0.500. The molecule has 3 atom stereocenters. The predicted molar refractivity (Wildman–Crippen MR) is 103 cm³/mol. The Morgan fingerprint density at radius 2 is 1.90 bits per heavy atom. The van der Waals surface area contributed by atoms with E-state index in [4.69, 9.17) is 18.6 Å². The van der Waals surface area contributed by atoms with Gasteiger partial charge in [-0.3, -0.25) is 9.69 Å². The second-order valence-corrected chi connectivity index (χ2v) is 8.35. The van der Waals surface area contributed by atoms with E-state index in [1.54, 1.807) is 19.2 Å². The lowest BCUT2D eigenvalue weighted by Crippen LogP contribution is -2.60. The molecule has 0 unspecified atom stereocenters. The summed E-state index contributed by atoms with van der Waals surface area (Å²) in [6.07, 6.45) is 2.31. The summed E-state index contributed by atoms with van der Waals surface area (Å²) < 4.78 is 21.8. The largest absolute Gasteiger partial charge is 0.468 e. The van der Waals surface area contributed by atoms with Crippen molar-refractivity contribution in [1.82, 2.24) is 9.80 Å². The molecule has 0 spiro atoms. The molecule has 5 aliphatic heterocycles. The molecule has 6 heterocycles. The Kier molecular flexibility index (Phi) is 3.81. The van der Waals surface area contributed by atoms with Crippen molar-refractivity contribution in [3.05, 3.63) is 41.7 Å². The first-order chi connectivity index (χ1) is 14.2. The first-order valence-electron chi connectivity index (χ1n) is 10.3. The number of amides is 1. The maximum Gasteiger partial charge on any atom is 0.290 e. The minimum Gasteiger partial charge on any atom is -0.468 e. The van der Waals surface area contributed by atoms with Gasteiger partial charge < -0.3 is 23.5 Å². The second kappa shape index (κ2) is 6.42. The molecule has 7 nitrogen and oxygen atoms in total. The number of furan rings is 1. The van der Waals surface area contributed by atoms with Gasteiger partial charge in [-0.2, -0.15) is 0 Å². The summed E-state index contributed by atoms with van der Waals surface area (Å²) in [5.74, 6) is 3.07. The van der Waals surface area contributed by atoms with Crippen molar-refractivity contribution in [2.75, 3.05) is 33.5 Å². The van der Waals surface area contributed by atoms with Crippen LogP contribution in [0.1, 0.15) is 34.9 Å². The Hall–Kier alpha value is -2.67. The topological polar surface area (TPSA) is 64.4 Å². The predicted octanol–water partition coefficient (Wildman–Crippen LogP) is 2.72. The van der Waals surface area contributed by atoms with Crippen molar-refractivity contribution >= 4 is 5.91 Å². The zero-order valence-corrected chi connectivity index (χ0v) is 16.4. The van der Waals surface area contributed by atoms with Crippen molar-refractivity contribution in [2.45, 2.75) is 30.8 Å². The molecule has 1 aromatic carbocycles. The van der Waals surface area contributed by atoms with E-state index in [1.165, 1.54) is 5.56 Å². The molecule has 29 heavy (non-hydrogen) atoms. The smallest absolute Gasteiger partial charge is 0.290 e. The lowest BCUT2D eigenvalue weighted by molar-refractivity contribution is -0.00440. The highest BCUT2D eigenvalue weighted by molar-refractivity contribution is 5.92. The molecule has 4 saturated heterocycles. The molecule has 2 bridgehead atoms. The highest BCUT2D eigenvalue weighted by Crippen LogP contribution is 2.48. The first-order valence-corrected chi connectivity index (χ1v) is 10.3. The lowest BCUT2D eigenvalue weighted by Gasteiger charge is -2.51. The number of fused-ring (bicyclic) bond motifs is 3. The molecule has 0 N–H and O–H groups in total. The number of carbonyl (C=O) groups is 1. The molecule has 0 saturated carbocycles. The van der Waals surface area contributed by atoms with Gasteiger partial charge in [0.1, 0.15) is 0 Å². The van der Waals surface area contributed by atoms with Crippen LogP contribution in [0.4, 0.5) is 0 Å². The molecular weight excluding hydrogens is 372 g/mol. The van der Waals surface area contributed by atoms with E-state index in [9.17, 15) is 4.79 Å². The van der Waals surface area contributed by atoms with Crippen LogP contribution in [0, 0.1) is 5.92 Å². The molecule has 152 valence electrons. The van der Waals surface area contributed by atoms with Crippen molar-refractivity contribution in [2.24, 2.45) is 5.92 Å². The summed E-state index contributed by atoms with van der Waals surface area (Å²) >= 11 is 0. The zero-order valence-electron chi connectivity index (χ0n) is 16.4. The fourth-order valence-electron chi connectivity index (χ4n) is 5.78. The number of benzene rings is 1. The highest BCUT2D eigenvalue weighted by atomic mass is 16.7. The monoisotopic (exact) mass is 396 g/mol. The summed E-state index contributed by atoms with van der Waals surface area (Å²) in [4.78, 5) is 18.0. The Labute approximate surface area is 169 Å². The second-order valence-electron chi connectivity index (χ2n) is 8.35. The number of ether oxygens (including phenoxy) is 3. The van der Waals surface area contributed by atoms with Gasteiger partial charge >= 0.3 is 0 Å². The minimum absolute atomic E-state index is 0.0414. The molecular formula is C22H24N2O5. The first kappa shape index (κ1) is 17.2. The molecule has 5 aliphatic rings. The SMILES string of the molecule is COc1ccc(C(=O)N2C[C@@H](c3ccc4c(c3)OCO4)[C@@H]3[C@H]2C2CCN3CC2)o1. The maximum absolute atomic E-state index is 13.4. The van der Waals surface area contributed by atoms with Gasteiger partial charge in [0.25, 0.3) is 11.9 Å². The molecule has 4 fully saturated rings. The highest BCUT2D eigenvalue weighted by Gasteiger charge is 2.55. The van der Waals surface area contributed by atoms with Crippen LogP contribution >= 0.6 is 0 Å². The average Bonchev–Trinajstić information content (AvgIpc) is 3.51. The van der Waals surface area contributed by atoms with Gasteiger partial charge in [0, 0.05) is 24.6 Å². The van der Waals surface area contributed by atoms with Crippen molar-refractivity contribution in [3.8, 4) is 17.4 Å². The normalized spacial score (nSPS) is 31.8. The van der Waals surface area contributed by atoms with Gasteiger partial charge in [-0.25, -0.2) is 0 Å². The molecule has 1 aromatic heterocycles. The summed E-state index contributed by atoms with van der Waals surface area (Å²) in [7, 11) is 1.54. The standard InChI is InChI=1S/C22H24N2O5/c1-26-19-5-4-17(29-19)22(25)24-11-15(14-2-3-16-18(10-14)28-12-27-16)21-20(24)13-6-8-23(21)9-7-13/h2-5,10,13,15,20-21H,6-9,11-12H2,1H3/t15-,20+,21+/m0/s1. The van der Waals surface area contributed by atoms with Crippen LogP contribution in [-0.4, -0.2) is 61.3 Å². The van der Waals surface area contributed by atoms with E-state index in [2.05, 4.69) is 17.0 Å². The van der Waals surface area contributed by atoms with Gasteiger partial charge in [0.2, 0.25) is 6.79 Å². The average molecular weight is 396 g/mol. The molecule has 7 heteroatoms. The van der Waals surface area contributed by atoms with Crippen LogP contribution in [0.3, 0.4) is 0 Å². The number of rotatable bonds is 3. The maximum atomic E-state index is 13.4. The molecule has 0 radical (unpaired) electrons. The van der Waals surface area contributed by atoms with Gasteiger partial charge in [-0.15, -0.1) is 0 Å². The van der Waals surface area contributed by atoms with Gasteiger partial charge in [0.15, 0.2) is 17.3 Å².